The van der Waals surface area contributed by atoms with Crippen LogP contribution in [0.4, 0.5) is 0 Å². The van der Waals surface area contributed by atoms with Gasteiger partial charge in [0, 0.05) is 11.0 Å². The molecule has 0 N–H and O–H groups in total. The van der Waals surface area contributed by atoms with Crippen LogP contribution in [0.25, 0.3) is 11.3 Å². The fourth-order valence-corrected chi connectivity index (χ4v) is 3.67. The van der Waals surface area contributed by atoms with Gasteiger partial charge in [0.2, 0.25) is 5.88 Å². The van der Waals surface area contributed by atoms with E-state index in [1.165, 1.54) is 12.5 Å². The molecule has 2 aromatic rings. The van der Waals surface area contributed by atoms with E-state index >= 15 is 0 Å². The number of carbonyl (C=O) groups excluding carboxylic acids is 1. The van der Waals surface area contributed by atoms with E-state index in [1.54, 1.807) is 12.1 Å². The van der Waals surface area contributed by atoms with Gasteiger partial charge in [-0.05, 0) is 18.1 Å². The Morgan fingerprint density at radius 1 is 1.12 bits per heavy atom. The number of carbonyl (C=O) groups is 1. The summed E-state index contributed by atoms with van der Waals surface area (Å²) in [4.78, 5) is 15.0. The van der Waals surface area contributed by atoms with Crippen molar-refractivity contribution in [1.82, 2.24) is 4.98 Å². The van der Waals surface area contributed by atoms with Crippen LogP contribution in [0.3, 0.4) is 0 Å². The van der Waals surface area contributed by atoms with Crippen LogP contribution in [-0.4, -0.2) is 32.6 Å². The zero-order valence-electron chi connectivity index (χ0n) is 15.5. The fraction of sp³-hybridized carbons (Fsp3) is 0.300. The number of hydrogen-bond donors (Lipinski definition) is 0. The average molecular weight is 375 g/mol. The van der Waals surface area contributed by atoms with Gasteiger partial charge in [0.15, 0.2) is 16.1 Å². The molecule has 26 heavy (non-hydrogen) atoms. The van der Waals surface area contributed by atoms with Crippen LogP contribution in [0.15, 0.2) is 53.9 Å². The standard InChI is InChI=1S/C13H11NO2.C5H8O2S.C2H6/c1-16-13-11(9-15)7-8-12(14-13)10-5-3-2-4-6-10;1-5-2-3-8(6,7)4-5;1-2/h2-9H,1H3;2-3,5H,4H2,1H3;1-2H3. The minimum atomic E-state index is -2.78. The van der Waals surface area contributed by atoms with Gasteiger partial charge in [-0.25, -0.2) is 13.4 Å². The van der Waals surface area contributed by atoms with E-state index in [0.29, 0.717) is 17.2 Å². The molecule has 0 aliphatic carbocycles. The minimum absolute atomic E-state index is 0.222. The minimum Gasteiger partial charge on any atom is -0.480 e. The maximum absolute atomic E-state index is 10.7. The molecule has 1 atom stereocenters. The average Bonchev–Trinajstić information content (AvgIpc) is 3.00. The molecule has 140 valence electrons. The lowest BCUT2D eigenvalue weighted by Crippen LogP contribution is -2.00. The molecular formula is C20H25NO4S. The van der Waals surface area contributed by atoms with Crippen molar-refractivity contribution in [1.29, 1.82) is 0 Å². The Balaban J connectivity index is 0.000000284. The smallest absolute Gasteiger partial charge is 0.224 e. The monoisotopic (exact) mass is 375 g/mol. The molecule has 0 amide bonds. The molecule has 5 nitrogen and oxygen atoms in total. The molecule has 2 heterocycles. The highest BCUT2D eigenvalue weighted by molar-refractivity contribution is 7.94. The summed E-state index contributed by atoms with van der Waals surface area (Å²) >= 11 is 0. The summed E-state index contributed by atoms with van der Waals surface area (Å²) in [7, 11) is -1.27. The fourth-order valence-electron chi connectivity index (χ4n) is 2.21. The number of methoxy groups -OCH3 is 1. The molecule has 1 aliphatic rings. The van der Waals surface area contributed by atoms with Crippen molar-refractivity contribution in [3.05, 3.63) is 59.5 Å². The molecule has 0 saturated carbocycles. The van der Waals surface area contributed by atoms with Gasteiger partial charge >= 0.3 is 0 Å². The SMILES string of the molecule is CC.CC1C=CS(=O)(=O)C1.COc1nc(-c2ccccc2)ccc1C=O. The normalized spacial score (nSPS) is 16.5. The van der Waals surface area contributed by atoms with Crippen molar-refractivity contribution in [2.24, 2.45) is 5.92 Å². The maximum atomic E-state index is 10.7. The summed E-state index contributed by atoms with van der Waals surface area (Å²) in [6, 6.07) is 13.3. The zero-order valence-corrected chi connectivity index (χ0v) is 16.4. The van der Waals surface area contributed by atoms with Crippen molar-refractivity contribution in [2.45, 2.75) is 20.8 Å². The molecule has 0 radical (unpaired) electrons. The van der Waals surface area contributed by atoms with E-state index in [1.807, 2.05) is 57.2 Å². The summed E-state index contributed by atoms with van der Waals surface area (Å²) in [5.41, 5.74) is 2.25. The molecule has 6 heteroatoms. The Hall–Kier alpha value is -2.47. The van der Waals surface area contributed by atoms with Gasteiger partial charge in [0.25, 0.3) is 0 Å². The van der Waals surface area contributed by atoms with Gasteiger partial charge in [-0.1, -0.05) is 57.2 Å². The lowest BCUT2D eigenvalue weighted by atomic mass is 10.1. The van der Waals surface area contributed by atoms with Crippen molar-refractivity contribution in [3.63, 3.8) is 0 Å². The first-order chi connectivity index (χ1) is 12.4. The molecule has 3 rings (SSSR count). The summed E-state index contributed by atoms with van der Waals surface area (Å²) < 4.78 is 26.2. The summed E-state index contributed by atoms with van der Waals surface area (Å²) in [5.74, 6) is 0.879. The third kappa shape index (κ3) is 6.44. The highest BCUT2D eigenvalue weighted by Gasteiger charge is 2.16. The molecule has 0 saturated heterocycles. The van der Waals surface area contributed by atoms with Gasteiger partial charge in [-0.15, -0.1) is 0 Å². The van der Waals surface area contributed by atoms with E-state index < -0.39 is 9.84 Å². The first kappa shape index (κ1) is 21.6. The van der Waals surface area contributed by atoms with E-state index in [0.717, 1.165) is 17.5 Å². The van der Waals surface area contributed by atoms with Gasteiger partial charge < -0.3 is 4.74 Å². The van der Waals surface area contributed by atoms with Crippen LogP contribution in [0.2, 0.25) is 0 Å². The lowest BCUT2D eigenvalue weighted by molar-refractivity contribution is 0.112. The third-order valence-corrected chi connectivity index (χ3v) is 4.95. The molecule has 0 spiro atoms. The first-order valence-corrected chi connectivity index (χ1v) is 10.1. The largest absolute Gasteiger partial charge is 0.480 e. The summed E-state index contributed by atoms with van der Waals surface area (Å²) in [5, 5.41) is 1.29. The highest BCUT2D eigenvalue weighted by Crippen LogP contribution is 2.21. The number of rotatable bonds is 3. The second-order valence-corrected chi connectivity index (χ2v) is 7.35. The Kier molecular flexibility index (Phi) is 8.72. The van der Waals surface area contributed by atoms with E-state index in [2.05, 4.69) is 4.98 Å². The van der Waals surface area contributed by atoms with Gasteiger partial charge in [-0.2, -0.15) is 0 Å². The molecule has 0 fully saturated rings. The van der Waals surface area contributed by atoms with E-state index in [4.69, 9.17) is 4.74 Å². The number of aromatic nitrogens is 1. The predicted molar refractivity (Wildman–Crippen MR) is 105 cm³/mol. The number of sulfone groups is 1. The number of nitrogens with zero attached hydrogens (tertiary/aromatic N) is 1. The van der Waals surface area contributed by atoms with E-state index in [-0.39, 0.29) is 5.92 Å². The van der Waals surface area contributed by atoms with Gasteiger partial charge in [0.1, 0.15) is 0 Å². The van der Waals surface area contributed by atoms with Crippen LogP contribution < -0.4 is 4.74 Å². The molecule has 0 bridgehead atoms. The van der Waals surface area contributed by atoms with E-state index in [9.17, 15) is 13.2 Å². The van der Waals surface area contributed by atoms with Gasteiger partial charge in [-0.3, -0.25) is 4.79 Å². The highest BCUT2D eigenvalue weighted by atomic mass is 32.2. The Morgan fingerprint density at radius 2 is 1.77 bits per heavy atom. The second kappa shape index (κ2) is 10.5. The number of allylic oxidation sites excluding steroid dienone is 1. The Morgan fingerprint density at radius 3 is 2.19 bits per heavy atom. The summed E-state index contributed by atoms with van der Waals surface area (Å²) in [6.45, 7) is 5.89. The van der Waals surface area contributed by atoms with Crippen LogP contribution in [-0.2, 0) is 9.84 Å². The third-order valence-electron chi connectivity index (χ3n) is 3.39. The van der Waals surface area contributed by atoms with Crippen LogP contribution in [0.5, 0.6) is 5.88 Å². The Labute approximate surface area is 155 Å². The van der Waals surface area contributed by atoms with Crippen molar-refractivity contribution in [3.8, 4) is 17.1 Å². The maximum Gasteiger partial charge on any atom is 0.224 e. The quantitative estimate of drug-likeness (QED) is 0.753. The number of pyridine rings is 1. The second-order valence-electron chi connectivity index (χ2n) is 5.41. The topological polar surface area (TPSA) is 73.3 Å². The number of hydrogen-bond acceptors (Lipinski definition) is 5. The Bertz CT molecular complexity index is 830. The molecule has 1 unspecified atom stereocenters. The molecule has 1 aromatic heterocycles. The van der Waals surface area contributed by atoms with Gasteiger partial charge in [0.05, 0.1) is 24.1 Å². The molecular weight excluding hydrogens is 350 g/mol. The van der Waals surface area contributed by atoms with Crippen molar-refractivity contribution in [2.75, 3.05) is 12.9 Å². The molecule has 1 aromatic carbocycles. The van der Waals surface area contributed by atoms with Crippen LogP contribution in [0.1, 0.15) is 31.1 Å². The number of aldehydes is 1. The number of benzene rings is 1. The lowest BCUT2D eigenvalue weighted by Gasteiger charge is -2.05. The number of ether oxygens (including phenoxy) is 1. The first-order valence-electron chi connectivity index (χ1n) is 8.42. The van der Waals surface area contributed by atoms with Crippen LogP contribution >= 0.6 is 0 Å². The summed E-state index contributed by atoms with van der Waals surface area (Å²) in [6.07, 6.45) is 2.45. The van der Waals surface area contributed by atoms with Crippen LogP contribution in [0, 0.1) is 5.92 Å². The predicted octanol–water partition coefficient (Wildman–Crippen LogP) is 4.16. The zero-order chi connectivity index (χ0) is 19.6. The van der Waals surface area contributed by atoms with Crippen molar-refractivity contribution >= 4 is 16.1 Å². The van der Waals surface area contributed by atoms with Crippen molar-refractivity contribution < 1.29 is 17.9 Å². The molecule has 1 aliphatic heterocycles.